The van der Waals surface area contributed by atoms with Crippen LogP contribution in [0, 0.1) is 0 Å². The minimum Gasteiger partial charge on any atom is -0.493 e. The Kier molecular flexibility index (Phi) is 4.41. The van der Waals surface area contributed by atoms with E-state index in [0.717, 1.165) is 45.0 Å². The summed E-state index contributed by atoms with van der Waals surface area (Å²) < 4.78 is 5.55. The maximum Gasteiger partial charge on any atom is 0.238 e. The van der Waals surface area contributed by atoms with Gasteiger partial charge in [0.25, 0.3) is 0 Å². The molecular weight excluding hydrogens is 266 g/mol. The molecule has 0 spiro atoms. The second-order valence-corrected chi connectivity index (χ2v) is 5.63. The number of nitrogens with one attached hydrogen (secondary N) is 2. The molecule has 1 aromatic carbocycles. The maximum absolute atomic E-state index is 12.2. The third-order valence-corrected chi connectivity index (χ3v) is 4.15. The van der Waals surface area contributed by atoms with Crippen LogP contribution in [-0.2, 0) is 17.8 Å². The average molecular weight is 289 g/mol. The summed E-state index contributed by atoms with van der Waals surface area (Å²) in [5.74, 6) is 1.13. The second-order valence-electron chi connectivity index (χ2n) is 5.63. The highest BCUT2D eigenvalue weighted by molar-refractivity contribution is 5.82. The van der Waals surface area contributed by atoms with E-state index in [1.165, 1.54) is 11.1 Å². The quantitative estimate of drug-likeness (QED) is 0.849. The number of hydrogen-bond acceptors (Lipinski definition) is 4. The van der Waals surface area contributed by atoms with Gasteiger partial charge in [0.05, 0.1) is 6.61 Å². The van der Waals surface area contributed by atoms with Crippen molar-refractivity contribution in [1.82, 2.24) is 15.5 Å². The Balaban J connectivity index is 1.70. The number of carbonyl (C=O) groups is 1. The number of carbonyl (C=O) groups excluding carboxylic acids is 1. The number of hydrogen-bond donors (Lipinski definition) is 2. The Hall–Kier alpha value is -1.59. The van der Waals surface area contributed by atoms with Gasteiger partial charge in [0.2, 0.25) is 5.91 Å². The van der Waals surface area contributed by atoms with Crippen molar-refractivity contribution in [3.8, 4) is 5.75 Å². The summed E-state index contributed by atoms with van der Waals surface area (Å²) in [6.45, 7) is 6.79. The van der Waals surface area contributed by atoms with Crippen molar-refractivity contribution >= 4 is 5.91 Å². The SMILES string of the molecule is CCNC(=O)C1CNCCN1Cc1ccc2c(c1)CCO2. The van der Waals surface area contributed by atoms with Crippen molar-refractivity contribution in [2.24, 2.45) is 0 Å². The number of rotatable bonds is 4. The molecular formula is C16H23N3O2. The van der Waals surface area contributed by atoms with Gasteiger partial charge < -0.3 is 15.4 Å². The molecule has 1 fully saturated rings. The molecule has 1 aromatic rings. The van der Waals surface area contributed by atoms with Crippen molar-refractivity contribution < 1.29 is 9.53 Å². The Morgan fingerprint density at radius 1 is 1.52 bits per heavy atom. The predicted octanol–water partition coefficient (Wildman–Crippen LogP) is 0.531. The Labute approximate surface area is 125 Å². The average Bonchev–Trinajstić information content (AvgIpc) is 2.95. The molecule has 0 aliphatic carbocycles. The zero-order valence-corrected chi connectivity index (χ0v) is 12.5. The second kappa shape index (κ2) is 6.45. The number of benzene rings is 1. The van der Waals surface area contributed by atoms with Gasteiger partial charge in [-0.15, -0.1) is 0 Å². The molecule has 1 amide bonds. The summed E-state index contributed by atoms with van der Waals surface area (Å²) in [6, 6.07) is 6.31. The molecule has 2 heterocycles. The molecule has 1 saturated heterocycles. The minimum absolute atomic E-state index is 0.0804. The lowest BCUT2D eigenvalue weighted by Gasteiger charge is -2.35. The van der Waals surface area contributed by atoms with Crippen LogP contribution in [-0.4, -0.2) is 49.6 Å². The number of nitrogens with zero attached hydrogens (tertiary/aromatic N) is 1. The minimum atomic E-state index is -0.0804. The zero-order chi connectivity index (χ0) is 14.7. The third kappa shape index (κ3) is 3.19. The molecule has 2 aliphatic heterocycles. The number of amides is 1. The molecule has 1 unspecified atom stereocenters. The van der Waals surface area contributed by atoms with Crippen LogP contribution in [0.25, 0.3) is 0 Å². The van der Waals surface area contributed by atoms with Gasteiger partial charge in [0.15, 0.2) is 0 Å². The van der Waals surface area contributed by atoms with Gasteiger partial charge in [-0.1, -0.05) is 12.1 Å². The molecule has 5 nitrogen and oxygen atoms in total. The summed E-state index contributed by atoms with van der Waals surface area (Å²) in [4.78, 5) is 14.4. The van der Waals surface area contributed by atoms with E-state index in [2.05, 4.69) is 33.7 Å². The molecule has 21 heavy (non-hydrogen) atoms. The highest BCUT2D eigenvalue weighted by Crippen LogP contribution is 2.26. The van der Waals surface area contributed by atoms with Crippen molar-refractivity contribution in [3.05, 3.63) is 29.3 Å². The van der Waals surface area contributed by atoms with Crippen molar-refractivity contribution in [2.75, 3.05) is 32.8 Å². The first-order chi connectivity index (χ1) is 10.3. The summed E-state index contributed by atoms with van der Waals surface area (Å²) in [7, 11) is 0. The fourth-order valence-corrected chi connectivity index (χ4v) is 3.06. The highest BCUT2D eigenvalue weighted by atomic mass is 16.5. The maximum atomic E-state index is 12.2. The Bertz CT molecular complexity index is 518. The zero-order valence-electron chi connectivity index (χ0n) is 12.5. The first-order valence-electron chi connectivity index (χ1n) is 7.75. The molecule has 5 heteroatoms. The molecule has 3 rings (SSSR count). The topological polar surface area (TPSA) is 53.6 Å². The van der Waals surface area contributed by atoms with Gasteiger partial charge in [-0.05, 0) is 24.1 Å². The smallest absolute Gasteiger partial charge is 0.238 e. The van der Waals surface area contributed by atoms with E-state index in [0.29, 0.717) is 6.54 Å². The molecule has 0 radical (unpaired) electrons. The van der Waals surface area contributed by atoms with Crippen LogP contribution in [0.5, 0.6) is 5.75 Å². The van der Waals surface area contributed by atoms with Gasteiger partial charge in [-0.3, -0.25) is 9.69 Å². The summed E-state index contributed by atoms with van der Waals surface area (Å²) in [5.41, 5.74) is 2.55. The van der Waals surface area contributed by atoms with E-state index in [4.69, 9.17) is 4.74 Å². The molecule has 0 saturated carbocycles. The van der Waals surface area contributed by atoms with E-state index < -0.39 is 0 Å². The summed E-state index contributed by atoms with van der Waals surface area (Å²) in [5, 5.41) is 6.24. The Morgan fingerprint density at radius 3 is 3.29 bits per heavy atom. The van der Waals surface area contributed by atoms with Crippen LogP contribution in [0.2, 0.25) is 0 Å². The summed E-state index contributed by atoms with van der Waals surface area (Å²) in [6.07, 6.45) is 0.991. The van der Waals surface area contributed by atoms with E-state index in [1.807, 2.05) is 6.92 Å². The molecule has 0 aromatic heterocycles. The van der Waals surface area contributed by atoms with E-state index in [9.17, 15) is 4.79 Å². The standard InChI is InChI=1S/C16H23N3O2/c1-2-18-16(20)14-10-17-6-7-19(14)11-12-3-4-15-13(9-12)5-8-21-15/h3-4,9,14,17H,2,5-8,10-11H2,1H3,(H,18,20). The van der Waals surface area contributed by atoms with Gasteiger partial charge in [-0.2, -0.15) is 0 Å². The van der Waals surface area contributed by atoms with Crippen molar-refractivity contribution in [3.63, 3.8) is 0 Å². The molecule has 2 aliphatic rings. The van der Waals surface area contributed by atoms with Crippen LogP contribution in [0.3, 0.4) is 0 Å². The van der Waals surface area contributed by atoms with Gasteiger partial charge in [0.1, 0.15) is 11.8 Å². The molecule has 114 valence electrons. The third-order valence-electron chi connectivity index (χ3n) is 4.15. The lowest BCUT2D eigenvalue weighted by atomic mass is 10.1. The fraction of sp³-hybridized carbons (Fsp3) is 0.562. The normalized spacial score (nSPS) is 21.7. The monoisotopic (exact) mass is 289 g/mol. The van der Waals surface area contributed by atoms with E-state index in [1.54, 1.807) is 0 Å². The van der Waals surface area contributed by atoms with Crippen molar-refractivity contribution in [2.45, 2.75) is 25.9 Å². The van der Waals surface area contributed by atoms with Crippen molar-refractivity contribution in [1.29, 1.82) is 0 Å². The fourth-order valence-electron chi connectivity index (χ4n) is 3.06. The van der Waals surface area contributed by atoms with Crippen LogP contribution >= 0.6 is 0 Å². The van der Waals surface area contributed by atoms with Gasteiger partial charge in [-0.25, -0.2) is 0 Å². The lowest BCUT2D eigenvalue weighted by Crippen LogP contribution is -2.57. The Morgan fingerprint density at radius 2 is 2.43 bits per heavy atom. The molecule has 1 atom stereocenters. The number of fused-ring (bicyclic) bond motifs is 1. The number of ether oxygens (including phenoxy) is 1. The largest absolute Gasteiger partial charge is 0.493 e. The van der Waals surface area contributed by atoms with Crippen LogP contribution in [0.15, 0.2) is 18.2 Å². The van der Waals surface area contributed by atoms with Crippen LogP contribution in [0.1, 0.15) is 18.1 Å². The molecule has 0 bridgehead atoms. The summed E-state index contributed by atoms with van der Waals surface area (Å²) >= 11 is 0. The first kappa shape index (κ1) is 14.4. The van der Waals surface area contributed by atoms with Gasteiger partial charge >= 0.3 is 0 Å². The number of piperazine rings is 1. The van der Waals surface area contributed by atoms with E-state index >= 15 is 0 Å². The lowest BCUT2D eigenvalue weighted by molar-refractivity contribution is -0.127. The van der Waals surface area contributed by atoms with Crippen LogP contribution < -0.4 is 15.4 Å². The molecule has 2 N–H and O–H groups in total. The predicted molar refractivity (Wildman–Crippen MR) is 81.4 cm³/mol. The number of likely N-dealkylation sites (N-methyl/N-ethyl adjacent to an activating group) is 1. The highest BCUT2D eigenvalue weighted by Gasteiger charge is 2.28. The van der Waals surface area contributed by atoms with Crippen LogP contribution in [0.4, 0.5) is 0 Å². The first-order valence-corrected chi connectivity index (χ1v) is 7.75. The van der Waals surface area contributed by atoms with Gasteiger partial charge in [0, 0.05) is 39.1 Å². The van der Waals surface area contributed by atoms with E-state index in [-0.39, 0.29) is 11.9 Å².